The van der Waals surface area contributed by atoms with Crippen LogP contribution in [0.3, 0.4) is 0 Å². The lowest BCUT2D eigenvalue weighted by molar-refractivity contribution is -0.144. The number of carbonyl (C=O) groups is 1. The lowest BCUT2D eigenvalue weighted by Gasteiger charge is -2.23. The molecule has 0 aliphatic heterocycles. The zero-order chi connectivity index (χ0) is 24.7. The van der Waals surface area contributed by atoms with Crippen molar-refractivity contribution in [2.24, 2.45) is 0 Å². The number of nitrogens with one attached hydrogen (secondary N) is 2. The third kappa shape index (κ3) is 6.73. The van der Waals surface area contributed by atoms with Crippen LogP contribution in [0.25, 0.3) is 11.2 Å². The highest BCUT2D eigenvalue weighted by molar-refractivity contribution is 7.56. The molecule has 184 valence electrons. The molecule has 13 heteroatoms. The second kappa shape index (κ2) is 11.4. The zero-order valence-electron chi connectivity index (χ0n) is 19.3. The topological polar surface area (TPSA) is 163 Å². The number of nitrogens with two attached hydrogens (primary N) is 1. The number of nitrogens with zero attached hydrogens (tertiary/aromatic N) is 3. The molecule has 0 amide bonds. The molecule has 0 aliphatic carbocycles. The molecule has 2 aromatic heterocycles. The fourth-order valence-corrected chi connectivity index (χ4v) is 4.72. The highest BCUT2D eigenvalue weighted by Gasteiger charge is 2.29. The Labute approximate surface area is 196 Å². The van der Waals surface area contributed by atoms with E-state index in [2.05, 4.69) is 20.0 Å². The standard InChI is InChI=1S/C21H29N6O6P/c1-4-32-20(29)15(3)26-34(30,33-11-16-7-5-14(2)6-8-16)13-31-10-9-27-12-23-17-18(27)24-21(22)25-19(17)28/h5-8,12,15H,4,9-11,13H2,1-3H3,(H,26,30)(H3,22,24,25,28)/t15-,34?/m1/s1. The van der Waals surface area contributed by atoms with Gasteiger partial charge in [0.05, 0.1) is 26.1 Å². The number of hydrogen-bond acceptors (Lipinski definition) is 9. The largest absolute Gasteiger partial charge is 0.465 e. The number of rotatable bonds is 12. The van der Waals surface area contributed by atoms with Gasteiger partial charge in [0.15, 0.2) is 11.2 Å². The smallest absolute Gasteiger partial charge is 0.323 e. The molecule has 3 aromatic rings. The Morgan fingerprint density at radius 2 is 2.06 bits per heavy atom. The molecule has 0 saturated carbocycles. The molecule has 2 atom stereocenters. The molecule has 0 spiro atoms. The molecule has 12 nitrogen and oxygen atoms in total. The Kier molecular flexibility index (Phi) is 8.56. The summed E-state index contributed by atoms with van der Waals surface area (Å²) in [5, 5.41) is 2.74. The number of aromatic amines is 1. The molecule has 0 saturated heterocycles. The van der Waals surface area contributed by atoms with E-state index < -0.39 is 25.1 Å². The molecule has 0 radical (unpaired) electrons. The first-order chi connectivity index (χ1) is 16.2. The average Bonchev–Trinajstić information content (AvgIpc) is 3.19. The van der Waals surface area contributed by atoms with Crippen molar-refractivity contribution in [1.29, 1.82) is 0 Å². The van der Waals surface area contributed by atoms with E-state index >= 15 is 0 Å². The van der Waals surface area contributed by atoms with Gasteiger partial charge in [-0.25, -0.2) is 10.1 Å². The molecule has 1 unspecified atom stereocenters. The summed E-state index contributed by atoms with van der Waals surface area (Å²) in [5.41, 5.74) is 7.57. The molecule has 0 bridgehead atoms. The normalized spacial score (nSPS) is 14.1. The van der Waals surface area contributed by atoms with E-state index in [1.54, 1.807) is 18.4 Å². The molecule has 34 heavy (non-hydrogen) atoms. The summed E-state index contributed by atoms with van der Waals surface area (Å²) < 4.78 is 31.4. The second-order valence-electron chi connectivity index (χ2n) is 7.63. The van der Waals surface area contributed by atoms with Crippen molar-refractivity contribution in [3.63, 3.8) is 0 Å². The van der Waals surface area contributed by atoms with Crippen molar-refractivity contribution < 1.29 is 23.4 Å². The summed E-state index contributed by atoms with van der Waals surface area (Å²) in [7, 11) is -3.59. The number of ether oxygens (including phenoxy) is 2. The average molecular weight is 492 g/mol. The van der Waals surface area contributed by atoms with Crippen molar-refractivity contribution in [1.82, 2.24) is 24.6 Å². The summed E-state index contributed by atoms with van der Waals surface area (Å²) in [6.45, 7) is 5.88. The first-order valence-electron chi connectivity index (χ1n) is 10.7. The number of esters is 1. The van der Waals surface area contributed by atoms with E-state index in [1.165, 1.54) is 6.33 Å². The molecule has 1 aromatic carbocycles. The van der Waals surface area contributed by atoms with E-state index in [1.807, 2.05) is 31.2 Å². The lowest BCUT2D eigenvalue weighted by Crippen LogP contribution is -2.34. The SMILES string of the molecule is CCOC(=O)[C@@H](C)NP(=O)(COCCn1cnc2c(=O)[nH]c(N)nc21)OCc1ccc(C)cc1. The number of benzene rings is 1. The summed E-state index contributed by atoms with van der Waals surface area (Å²) in [5.74, 6) is -0.563. The highest BCUT2D eigenvalue weighted by Crippen LogP contribution is 2.44. The fraction of sp³-hybridized carbons (Fsp3) is 0.429. The number of fused-ring (bicyclic) bond motifs is 1. The van der Waals surface area contributed by atoms with Crippen LogP contribution >= 0.6 is 7.52 Å². The molecule has 4 N–H and O–H groups in total. The number of imidazole rings is 1. The van der Waals surface area contributed by atoms with Gasteiger partial charge in [0.2, 0.25) is 5.95 Å². The van der Waals surface area contributed by atoms with Gasteiger partial charge in [-0.05, 0) is 26.3 Å². The van der Waals surface area contributed by atoms with Crippen LogP contribution in [-0.4, -0.2) is 51.1 Å². The molecular weight excluding hydrogens is 463 g/mol. The number of carbonyl (C=O) groups excluding carboxylic acids is 1. The number of nitrogen functional groups attached to an aromatic ring is 1. The minimum atomic E-state index is -3.59. The Bertz CT molecular complexity index is 1220. The predicted molar refractivity (Wildman–Crippen MR) is 126 cm³/mol. The molecule has 3 rings (SSSR count). The Morgan fingerprint density at radius 1 is 1.32 bits per heavy atom. The van der Waals surface area contributed by atoms with Gasteiger partial charge in [-0.1, -0.05) is 29.8 Å². The van der Waals surface area contributed by atoms with Gasteiger partial charge in [-0.3, -0.25) is 19.1 Å². The van der Waals surface area contributed by atoms with E-state index in [-0.39, 0.29) is 44.2 Å². The number of aryl methyl sites for hydroxylation is 1. The van der Waals surface area contributed by atoms with E-state index in [4.69, 9.17) is 19.7 Å². The summed E-state index contributed by atoms with van der Waals surface area (Å²) in [4.78, 5) is 34.5. The molecular formula is C21H29N6O6P. The Morgan fingerprint density at radius 3 is 2.76 bits per heavy atom. The number of anilines is 1. The predicted octanol–water partition coefficient (Wildman–Crippen LogP) is 1.94. The first kappa shape index (κ1) is 25.6. The van der Waals surface area contributed by atoms with Crippen molar-refractivity contribution >= 4 is 30.6 Å². The van der Waals surface area contributed by atoms with Gasteiger partial charge in [0.1, 0.15) is 12.4 Å². The number of aromatic nitrogens is 4. The van der Waals surface area contributed by atoms with Crippen LogP contribution in [-0.2, 0) is 36.5 Å². The first-order valence-corrected chi connectivity index (χ1v) is 12.5. The minimum absolute atomic E-state index is 0.0219. The highest BCUT2D eigenvalue weighted by atomic mass is 31.2. The van der Waals surface area contributed by atoms with E-state index in [0.29, 0.717) is 5.65 Å². The zero-order valence-corrected chi connectivity index (χ0v) is 20.2. The third-order valence-electron chi connectivity index (χ3n) is 4.82. The Balaban J connectivity index is 1.64. The van der Waals surface area contributed by atoms with Gasteiger partial charge < -0.3 is 24.3 Å². The Hall–Kier alpha value is -3.05. The van der Waals surface area contributed by atoms with Gasteiger partial charge in [0.25, 0.3) is 13.1 Å². The van der Waals surface area contributed by atoms with Crippen LogP contribution in [0.4, 0.5) is 5.95 Å². The van der Waals surface area contributed by atoms with Crippen molar-refractivity contribution in [2.45, 2.75) is 40.0 Å². The number of hydrogen-bond donors (Lipinski definition) is 3. The lowest BCUT2D eigenvalue weighted by atomic mass is 10.2. The van der Waals surface area contributed by atoms with E-state index in [9.17, 15) is 14.2 Å². The number of H-pyrrole nitrogens is 1. The monoisotopic (exact) mass is 492 g/mol. The van der Waals surface area contributed by atoms with Crippen LogP contribution in [0.1, 0.15) is 25.0 Å². The maximum Gasteiger partial charge on any atom is 0.323 e. The summed E-state index contributed by atoms with van der Waals surface area (Å²) in [6, 6.07) is 6.75. The summed E-state index contributed by atoms with van der Waals surface area (Å²) >= 11 is 0. The van der Waals surface area contributed by atoms with Crippen molar-refractivity contribution in [3.05, 3.63) is 52.1 Å². The minimum Gasteiger partial charge on any atom is -0.465 e. The maximum atomic E-state index is 13.5. The van der Waals surface area contributed by atoms with Crippen LogP contribution < -0.4 is 16.4 Å². The van der Waals surface area contributed by atoms with Crippen molar-refractivity contribution in [2.75, 3.05) is 25.3 Å². The fourth-order valence-electron chi connectivity index (χ4n) is 3.07. The van der Waals surface area contributed by atoms with Crippen LogP contribution in [0.15, 0.2) is 35.4 Å². The third-order valence-corrected chi connectivity index (χ3v) is 6.67. The van der Waals surface area contributed by atoms with Gasteiger partial charge in [0, 0.05) is 6.54 Å². The maximum absolute atomic E-state index is 13.5. The summed E-state index contributed by atoms with van der Waals surface area (Å²) in [6.07, 6.45) is 1.16. The molecule has 0 fully saturated rings. The van der Waals surface area contributed by atoms with Crippen LogP contribution in [0, 0.1) is 6.92 Å². The van der Waals surface area contributed by atoms with Gasteiger partial charge in [-0.2, -0.15) is 4.98 Å². The van der Waals surface area contributed by atoms with Crippen LogP contribution in [0.2, 0.25) is 0 Å². The van der Waals surface area contributed by atoms with Gasteiger partial charge >= 0.3 is 5.97 Å². The molecule has 2 heterocycles. The van der Waals surface area contributed by atoms with Crippen LogP contribution in [0.5, 0.6) is 0 Å². The van der Waals surface area contributed by atoms with Crippen molar-refractivity contribution in [3.8, 4) is 0 Å². The second-order valence-corrected chi connectivity index (χ2v) is 9.76. The van der Waals surface area contributed by atoms with Gasteiger partial charge in [-0.15, -0.1) is 0 Å². The molecule has 0 aliphatic rings. The van der Waals surface area contributed by atoms with E-state index in [0.717, 1.165) is 11.1 Å². The quantitative estimate of drug-likeness (QED) is 0.193.